The van der Waals surface area contributed by atoms with Gasteiger partial charge in [0.05, 0.1) is 6.26 Å². The minimum absolute atomic E-state index is 0.0448. The second kappa shape index (κ2) is 7.96. The average Bonchev–Trinajstić information content (AvgIpc) is 2.60. The van der Waals surface area contributed by atoms with E-state index < -0.39 is 24.2 Å². The zero-order valence-corrected chi connectivity index (χ0v) is 19.3. The lowest BCUT2D eigenvalue weighted by atomic mass is 9.80. The molecule has 2 aromatic rings. The van der Waals surface area contributed by atoms with Gasteiger partial charge in [-0.1, -0.05) is 81.4 Å². The van der Waals surface area contributed by atoms with Crippen LogP contribution in [0.2, 0.25) is 5.04 Å². The van der Waals surface area contributed by atoms with Gasteiger partial charge in [-0.25, -0.2) is 4.18 Å². The van der Waals surface area contributed by atoms with Crippen molar-refractivity contribution in [1.29, 1.82) is 0 Å². The van der Waals surface area contributed by atoms with Crippen molar-refractivity contribution in [2.45, 2.75) is 44.4 Å². The Morgan fingerprint density at radius 1 is 1.00 bits per heavy atom. The Hall–Kier alpha value is -1.51. The van der Waals surface area contributed by atoms with Crippen molar-refractivity contribution in [1.82, 2.24) is 0 Å². The molecule has 0 spiro atoms. The predicted octanol–water partition coefficient (Wildman–Crippen LogP) is 2.64. The van der Waals surface area contributed by atoms with Crippen LogP contribution < -0.4 is 10.4 Å². The van der Waals surface area contributed by atoms with Gasteiger partial charge in [0.2, 0.25) is 0 Å². The second-order valence-corrected chi connectivity index (χ2v) is 14.9. The van der Waals surface area contributed by atoms with Gasteiger partial charge >= 0.3 is 0 Å². The number of rotatable bonds is 7. The van der Waals surface area contributed by atoms with Gasteiger partial charge in [0.25, 0.3) is 18.4 Å². The van der Waals surface area contributed by atoms with Gasteiger partial charge in [0.1, 0.15) is 0 Å². The Morgan fingerprint density at radius 2 is 1.45 bits per heavy atom. The molecular weight excluding hydrogens is 404 g/mol. The van der Waals surface area contributed by atoms with Crippen molar-refractivity contribution in [2.24, 2.45) is 5.92 Å². The van der Waals surface area contributed by atoms with Crippen molar-refractivity contribution in [3.8, 4) is 0 Å². The van der Waals surface area contributed by atoms with Crippen LogP contribution in [0, 0.1) is 5.92 Å². The molecule has 7 heteroatoms. The van der Waals surface area contributed by atoms with E-state index in [0.29, 0.717) is 6.61 Å². The maximum Gasteiger partial charge on any atom is 0.267 e. The molecule has 0 atom stereocenters. The first kappa shape index (κ1) is 22.2. The highest BCUT2D eigenvalue weighted by atomic mass is 32.2. The first-order valence-corrected chi connectivity index (χ1v) is 13.6. The van der Waals surface area contributed by atoms with Crippen LogP contribution in [-0.2, 0) is 18.7 Å². The second-order valence-electron chi connectivity index (χ2n) is 8.98. The van der Waals surface area contributed by atoms with E-state index in [-0.39, 0.29) is 23.8 Å². The number of aliphatic hydroxyl groups is 1. The maximum absolute atomic E-state index is 11.4. The molecule has 1 N–H and O–H groups in total. The third-order valence-corrected chi connectivity index (χ3v) is 11.1. The number of benzene rings is 2. The topological polar surface area (TPSA) is 72.8 Å². The molecule has 0 aromatic heterocycles. The molecule has 1 fully saturated rings. The fourth-order valence-corrected chi connectivity index (χ4v) is 9.66. The van der Waals surface area contributed by atoms with Gasteiger partial charge in [0.15, 0.2) is 5.79 Å². The molecule has 0 saturated heterocycles. The minimum Gasteiger partial charge on any atom is -0.407 e. The zero-order valence-electron chi connectivity index (χ0n) is 17.5. The van der Waals surface area contributed by atoms with Crippen LogP contribution in [-0.4, -0.2) is 40.5 Å². The highest BCUT2D eigenvalue weighted by Gasteiger charge is 2.52. The first-order chi connectivity index (χ1) is 13.5. The normalized spacial score (nSPS) is 22.9. The summed E-state index contributed by atoms with van der Waals surface area (Å²) >= 11 is 0. The molecule has 0 bridgehead atoms. The van der Waals surface area contributed by atoms with Crippen LogP contribution in [0.3, 0.4) is 0 Å². The fourth-order valence-electron chi connectivity index (χ4n) is 4.31. The summed E-state index contributed by atoms with van der Waals surface area (Å²) in [5, 5.41) is 12.6. The van der Waals surface area contributed by atoms with Gasteiger partial charge in [-0.15, -0.1) is 0 Å². The Kier molecular flexibility index (Phi) is 6.09. The SMILES string of the molecule is CC(C)(C)[Si](OC[C@H]1C[C@@](O)(OS(C)(=O)=O)C1)(c1ccccc1)c1ccccc1. The molecule has 0 amide bonds. The van der Waals surface area contributed by atoms with Gasteiger partial charge in [-0.05, 0) is 21.3 Å². The van der Waals surface area contributed by atoms with Crippen molar-refractivity contribution >= 4 is 28.8 Å². The van der Waals surface area contributed by atoms with Gasteiger partial charge in [-0.3, -0.25) is 0 Å². The number of hydrogen-bond donors (Lipinski definition) is 1. The average molecular weight is 435 g/mol. The molecule has 0 unspecified atom stereocenters. The van der Waals surface area contributed by atoms with Crippen molar-refractivity contribution in [2.75, 3.05) is 12.9 Å². The van der Waals surface area contributed by atoms with E-state index in [0.717, 1.165) is 6.26 Å². The Bertz CT molecular complexity index is 877. The molecule has 0 radical (unpaired) electrons. The molecule has 29 heavy (non-hydrogen) atoms. The van der Waals surface area contributed by atoms with E-state index in [1.165, 1.54) is 10.4 Å². The third kappa shape index (κ3) is 4.81. The first-order valence-electron chi connectivity index (χ1n) is 9.83. The van der Waals surface area contributed by atoms with Gasteiger partial charge in [0, 0.05) is 19.4 Å². The van der Waals surface area contributed by atoms with Gasteiger partial charge in [-0.2, -0.15) is 8.42 Å². The Balaban J connectivity index is 1.88. The highest BCUT2D eigenvalue weighted by molar-refractivity contribution is 7.86. The zero-order chi connectivity index (χ0) is 21.3. The van der Waals surface area contributed by atoms with E-state index in [4.69, 9.17) is 8.61 Å². The lowest BCUT2D eigenvalue weighted by Crippen LogP contribution is -2.67. The van der Waals surface area contributed by atoms with Crippen molar-refractivity contribution in [3.05, 3.63) is 60.7 Å². The predicted molar refractivity (Wildman–Crippen MR) is 117 cm³/mol. The molecule has 2 aromatic carbocycles. The monoisotopic (exact) mass is 434 g/mol. The third-order valence-electron chi connectivity index (χ3n) is 5.47. The maximum atomic E-state index is 11.4. The summed E-state index contributed by atoms with van der Waals surface area (Å²) in [7, 11) is -6.33. The van der Waals surface area contributed by atoms with Crippen LogP contribution in [0.5, 0.6) is 0 Å². The number of hydrogen-bond acceptors (Lipinski definition) is 5. The van der Waals surface area contributed by atoms with Gasteiger partial charge < -0.3 is 9.53 Å². The summed E-state index contributed by atoms with van der Waals surface area (Å²) in [6.45, 7) is 7.08. The molecule has 5 nitrogen and oxygen atoms in total. The van der Waals surface area contributed by atoms with Crippen LogP contribution >= 0.6 is 0 Å². The summed E-state index contributed by atoms with van der Waals surface area (Å²) in [5.41, 5.74) is 0. The van der Waals surface area contributed by atoms with E-state index in [1.54, 1.807) is 0 Å². The van der Waals surface area contributed by atoms with Crippen molar-refractivity contribution < 1.29 is 22.1 Å². The molecule has 0 heterocycles. The minimum atomic E-state index is -3.70. The van der Waals surface area contributed by atoms with E-state index in [9.17, 15) is 13.5 Å². The van der Waals surface area contributed by atoms with Crippen LogP contribution in [0.25, 0.3) is 0 Å². The quantitative estimate of drug-likeness (QED) is 0.412. The molecular formula is C22H30O5SSi. The van der Waals surface area contributed by atoms with Crippen molar-refractivity contribution in [3.63, 3.8) is 0 Å². The molecule has 158 valence electrons. The summed E-state index contributed by atoms with van der Waals surface area (Å²) in [5.74, 6) is -1.56. The molecule has 3 rings (SSSR count). The molecule has 1 aliphatic carbocycles. The van der Waals surface area contributed by atoms with E-state index in [2.05, 4.69) is 45.0 Å². The van der Waals surface area contributed by atoms with E-state index >= 15 is 0 Å². The summed E-state index contributed by atoms with van der Waals surface area (Å²) in [4.78, 5) is 0. The summed E-state index contributed by atoms with van der Waals surface area (Å²) < 4.78 is 34.4. The standard InChI is InChI=1S/C22H30O5SSi/c1-21(2,3)29(19-11-7-5-8-12-19,20-13-9-6-10-14-20)26-17-18-15-22(23,16-18)27-28(4,24)25/h5-14,18,23H,15-17H2,1-4H3/t18-,22+. The van der Waals surface area contributed by atoms with Crippen LogP contribution in [0.15, 0.2) is 60.7 Å². The lowest BCUT2D eigenvalue weighted by Gasteiger charge is -2.47. The molecule has 0 aliphatic heterocycles. The molecule has 1 saturated carbocycles. The lowest BCUT2D eigenvalue weighted by molar-refractivity contribution is -0.216. The molecule has 1 aliphatic rings. The largest absolute Gasteiger partial charge is 0.407 e. The van der Waals surface area contributed by atoms with Crippen LogP contribution in [0.1, 0.15) is 33.6 Å². The summed E-state index contributed by atoms with van der Waals surface area (Å²) in [6.07, 6.45) is 1.45. The smallest absolute Gasteiger partial charge is 0.267 e. The Labute approximate surface area is 174 Å². The van der Waals surface area contributed by atoms with Crippen LogP contribution in [0.4, 0.5) is 0 Å². The summed E-state index contributed by atoms with van der Waals surface area (Å²) in [6, 6.07) is 20.7. The fraction of sp³-hybridized carbons (Fsp3) is 0.455. The Morgan fingerprint density at radius 3 is 1.83 bits per heavy atom. The van der Waals surface area contributed by atoms with E-state index in [1.807, 2.05) is 36.4 Å². The highest BCUT2D eigenvalue weighted by Crippen LogP contribution is 2.42.